The Balaban J connectivity index is 2.48. The van der Waals surface area contributed by atoms with E-state index in [0.717, 1.165) is 0 Å². The third-order valence-electron chi connectivity index (χ3n) is 2.62. The molecule has 23 heavy (non-hydrogen) atoms. The Labute approximate surface area is 134 Å². The van der Waals surface area contributed by atoms with Crippen molar-refractivity contribution in [2.75, 3.05) is 0 Å². The molecule has 0 radical (unpaired) electrons. The lowest BCUT2D eigenvalue weighted by Crippen LogP contribution is -2.07. The van der Waals surface area contributed by atoms with Crippen LogP contribution in [0.25, 0.3) is 0 Å². The average Bonchev–Trinajstić information content (AvgIpc) is 2.44. The Bertz CT molecular complexity index is 777. The Morgan fingerprint density at radius 1 is 1.09 bits per heavy atom. The molecule has 0 spiro atoms. The summed E-state index contributed by atoms with van der Waals surface area (Å²) in [6.45, 7) is 0. The van der Waals surface area contributed by atoms with Gasteiger partial charge >= 0.3 is 6.18 Å². The van der Waals surface area contributed by atoms with Crippen LogP contribution in [0.1, 0.15) is 5.56 Å². The van der Waals surface area contributed by atoms with Crippen LogP contribution in [-0.4, -0.2) is 6.08 Å². The smallest absolute Gasteiger partial charge is 0.416 e. The molecule has 0 N–H and O–H groups in total. The molecule has 0 atom stereocenters. The predicted octanol–water partition coefficient (Wildman–Crippen LogP) is 5.51. The van der Waals surface area contributed by atoms with Crippen LogP contribution >= 0.6 is 15.9 Å². The number of isocyanates is 1. The fraction of sp³-hybridized carbons (Fsp3) is 0.0714. The molecular weight excluding hydrogens is 389 g/mol. The molecular formula is C14H5BrF5NO2. The van der Waals surface area contributed by atoms with Crippen LogP contribution in [0.15, 0.2) is 39.8 Å². The van der Waals surface area contributed by atoms with Gasteiger partial charge in [0.15, 0.2) is 23.1 Å². The van der Waals surface area contributed by atoms with Gasteiger partial charge in [0.2, 0.25) is 6.08 Å². The number of nitrogens with zero attached hydrogens (tertiary/aromatic N) is 1. The highest BCUT2D eigenvalue weighted by Crippen LogP contribution is 2.38. The van der Waals surface area contributed by atoms with Gasteiger partial charge in [0.05, 0.1) is 5.56 Å². The molecule has 0 saturated heterocycles. The summed E-state index contributed by atoms with van der Waals surface area (Å²) in [6.07, 6.45) is -3.66. The molecule has 2 aromatic carbocycles. The van der Waals surface area contributed by atoms with E-state index >= 15 is 0 Å². The van der Waals surface area contributed by atoms with Crippen LogP contribution in [0.5, 0.6) is 11.5 Å². The largest absolute Gasteiger partial charge is 0.449 e. The maximum absolute atomic E-state index is 13.7. The van der Waals surface area contributed by atoms with Gasteiger partial charge in [0, 0.05) is 4.47 Å². The predicted molar refractivity (Wildman–Crippen MR) is 73.4 cm³/mol. The molecule has 0 aliphatic rings. The lowest BCUT2D eigenvalue weighted by Gasteiger charge is -2.12. The topological polar surface area (TPSA) is 38.7 Å². The second-order valence-electron chi connectivity index (χ2n) is 4.18. The highest BCUT2D eigenvalue weighted by atomic mass is 79.9. The van der Waals surface area contributed by atoms with Crippen molar-refractivity contribution in [3.63, 3.8) is 0 Å². The molecule has 0 aliphatic carbocycles. The van der Waals surface area contributed by atoms with E-state index < -0.39 is 29.1 Å². The highest BCUT2D eigenvalue weighted by Gasteiger charge is 2.33. The Kier molecular flexibility index (Phi) is 4.82. The normalized spacial score (nSPS) is 11.0. The summed E-state index contributed by atoms with van der Waals surface area (Å²) in [6, 6.07) is 4.19. The minimum Gasteiger partial charge on any atom is -0.449 e. The monoisotopic (exact) mass is 393 g/mol. The maximum atomic E-state index is 13.7. The standard InChI is InChI=1S/C14H5BrF5NO2/c15-8-1-2-12(11(5-8)21-6-22)23-13-9(16)3-7(4-10(13)17)14(18,19)20/h1-5H. The maximum Gasteiger partial charge on any atom is 0.416 e. The van der Waals surface area contributed by atoms with Crippen LogP contribution in [0, 0.1) is 11.6 Å². The number of ether oxygens (including phenoxy) is 1. The number of halogens is 6. The molecule has 0 saturated carbocycles. The minimum absolute atomic E-state index is 0.104. The number of rotatable bonds is 3. The van der Waals surface area contributed by atoms with Crippen LogP contribution in [0.2, 0.25) is 0 Å². The first-order valence-corrected chi connectivity index (χ1v) is 6.63. The third-order valence-corrected chi connectivity index (χ3v) is 3.12. The van der Waals surface area contributed by atoms with Crippen molar-refractivity contribution in [3.8, 4) is 11.5 Å². The van der Waals surface area contributed by atoms with Crippen LogP contribution in [0.4, 0.5) is 27.6 Å². The number of benzene rings is 2. The zero-order valence-electron chi connectivity index (χ0n) is 10.9. The number of hydrogen-bond acceptors (Lipinski definition) is 3. The van der Waals surface area contributed by atoms with E-state index in [-0.39, 0.29) is 23.6 Å². The Morgan fingerprint density at radius 3 is 2.22 bits per heavy atom. The highest BCUT2D eigenvalue weighted by molar-refractivity contribution is 9.10. The summed E-state index contributed by atoms with van der Waals surface area (Å²) in [7, 11) is 0. The lowest BCUT2D eigenvalue weighted by molar-refractivity contribution is -0.138. The van der Waals surface area contributed by atoms with E-state index in [1.807, 2.05) is 0 Å². The zero-order chi connectivity index (χ0) is 17.2. The molecule has 3 nitrogen and oxygen atoms in total. The number of aliphatic imine (C=N–C) groups is 1. The van der Waals surface area contributed by atoms with Gasteiger partial charge in [-0.25, -0.2) is 13.6 Å². The van der Waals surface area contributed by atoms with E-state index in [1.165, 1.54) is 24.3 Å². The van der Waals surface area contributed by atoms with Crippen molar-refractivity contribution in [3.05, 3.63) is 52.0 Å². The second kappa shape index (κ2) is 6.47. The first-order chi connectivity index (χ1) is 10.7. The molecule has 2 rings (SSSR count). The van der Waals surface area contributed by atoms with E-state index in [4.69, 9.17) is 4.74 Å². The van der Waals surface area contributed by atoms with Gasteiger partial charge in [0.25, 0.3) is 0 Å². The van der Waals surface area contributed by atoms with Crippen molar-refractivity contribution < 1.29 is 31.5 Å². The molecule has 0 fully saturated rings. The summed E-state index contributed by atoms with van der Waals surface area (Å²) >= 11 is 3.09. The minimum atomic E-state index is -4.90. The van der Waals surface area contributed by atoms with Gasteiger partial charge < -0.3 is 4.74 Å². The van der Waals surface area contributed by atoms with Gasteiger partial charge in [-0.15, -0.1) is 0 Å². The van der Waals surface area contributed by atoms with Crippen molar-refractivity contribution in [2.24, 2.45) is 4.99 Å². The van der Waals surface area contributed by atoms with Crippen molar-refractivity contribution >= 4 is 27.7 Å². The molecule has 0 aliphatic heterocycles. The van der Waals surface area contributed by atoms with Crippen LogP contribution < -0.4 is 4.74 Å². The van der Waals surface area contributed by atoms with E-state index in [0.29, 0.717) is 4.47 Å². The Hall–Kier alpha value is -2.25. The number of hydrogen-bond donors (Lipinski definition) is 0. The fourth-order valence-corrected chi connectivity index (χ4v) is 1.99. The first kappa shape index (κ1) is 17.1. The van der Waals surface area contributed by atoms with Gasteiger partial charge in [-0.1, -0.05) is 15.9 Å². The van der Waals surface area contributed by atoms with Crippen LogP contribution in [-0.2, 0) is 11.0 Å². The lowest BCUT2D eigenvalue weighted by atomic mass is 10.2. The molecule has 0 bridgehead atoms. The fourth-order valence-electron chi connectivity index (χ4n) is 1.64. The SMILES string of the molecule is O=C=Nc1cc(Br)ccc1Oc1c(F)cc(C(F)(F)F)cc1F. The van der Waals surface area contributed by atoms with Gasteiger partial charge in [0.1, 0.15) is 5.69 Å². The Morgan fingerprint density at radius 2 is 1.70 bits per heavy atom. The molecule has 0 amide bonds. The summed E-state index contributed by atoms with van der Waals surface area (Å²) in [4.78, 5) is 13.6. The molecule has 9 heteroatoms. The molecule has 120 valence electrons. The molecule has 0 aromatic heterocycles. The summed E-state index contributed by atoms with van der Waals surface area (Å²) in [5, 5.41) is 0. The number of alkyl halides is 3. The van der Waals surface area contributed by atoms with Gasteiger partial charge in [-0.05, 0) is 30.3 Å². The number of carbonyl (C=O) groups excluding carboxylic acids is 1. The van der Waals surface area contributed by atoms with Crippen molar-refractivity contribution in [1.29, 1.82) is 0 Å². The summed E-state index contributed by atoms with van der Waals surface area (Å²) in [5.74, 6) is -4.35. The first-order valence-electron chi connectivity index (χ1n) is 5.84. The zero-order valence-corrected chi connectivity index (χ0v) is 12.5. The van der Waals surface area contributed by atoms with Crippen LogP contribution in [0.3, 0.4) is 0 Å². The third kappa shape index (κ3) is 3.94. The van der Waals surface area contributed by atoms with Crippen molar-refractivity contribution in [2.45, 2.75) is 6.18 Å². The second-order valence-corrected chi connectivity index (χ2v) is 5.10. The molecule has 0 unspecified atom stereocenters. The van der Waals surface area contributed by atoms with Gasteiger partial charge in [-0.2, -0.15) is 18.2 Å². The van der Waals surface area contributed by atoms with E-state index in [2.05, 4.69) is 20.9 Å². The van der Waals surface area contributed by atoms with E-state index in [1.54, 1.807) is 0 Å². The van der Waals surface area contributed by atoms with E-state index in [9.17, 15) is 26.7 Å². The summed E-state index contributed by atoms with van der Waals surface area (Å²) in [5.41, 5.74) is -1.59. The quantitative estimate of drug-likeness (QED) is 0.392. The van der Waals surface area contributed by atoms with Crippen molar-refractivity contribution in [1.82, 2.24) is 0 Å². The van der Waals surface area contributed by atoms with Gasteiger partial charge in [-0.3, -0.25) is 0 Å². The molecule has 0 heterocycles. The summed E-state index contributed by atoms with van der Waals surface area (Å²) < 4.78 is 70.3. The average molecular weight is 394 g/mol. The molecule has 2 aromatic rings.